The zero-order valence-corrected chi connectivity index (χ0v) is 64.3. The molecule has 0 bridgehead atoms. The van der Waals surface area contributed by atoms with Gasteiger partial charge in [0.1, 0.15) is 6.10 Å². The molecule has 6 aromatic rings. The molecule has 6 aromatic carbocycles. The highest BCUT2D eigenvalue weighted by Crippen LogP contribution is 2.60. The molecular weight excluding hydrogens is 1200 g/mol. The van der Waals surface area contributed by atoms with Gasteiger partial charge < -0.3 is 22.4 Å². The molecule has 0 aromatic heterocycles. The zero-order valence-electron chi connectivity index (χ0n) is 60.3. The fourth-order valence-corrected chi connectivity index (χ4v) is 35.0. The first-order valence-corrected chi connectivity index (χ1v) is 44.2. The Morgan fingerprint density at radius 1 is 0.538 bits per heavy atom. The van der Waals surface area contributed by atoms with Gasteiger partial charge in [0.05, 0.1) is 17.8 Å². The van der Waals surface area contributed by atoms with E-state index in [0.29, 0.717) is 43.8 Å². The first-order chi connectivity index (χ1) is 44.3. The molecule has 3 aliphatic rings. The summed E-state index contributed by atoms with van der Waals surface area (Å²) < 4.78 is 39.6. The maximum absolute atomic E-state index is 8.55. The Morgan fingerprint density at radius 2 is 0.957 bits per heavy atom. The molecule has 0 radical (unpaired) electrons. The van der Waals surface area contributed by atoms with Crippen LogP contribution in [0.5, 0.6) is 0 Å². The van der Waals surface area contributed by atoms with Crippen LogP contribution in [0.2, 0.25) is 33.2 Å². The van der Waals surface area contributed by atoms with Crippen molar-refractivity contribution in [2.45, 2.75) is 232 Å². The molecule has 500 valence electrons. The Kier molecular flexibility index (Phi) is 23.6. The summed E-state index contributed by atoms with van der Waals surface area (Å²) in [6, 6.07) is 70.3. The van der Waals surface area contributed by atoms with Crippen molar-refractivity contribution in [1.82, 2.24) is 0 Å². The lowest BCUT2D eigenvalue weighted by atomic mass is 9.60. The highest BCUT2D eigenvalue weighted by molar-refractivity contribution is 7.00. The quantitative estimate of drug-likeness (QED) is 0.0380. The standard InChI is InChI=1S/C84H118O5Si4/c1-18-90(19-2,20-3)89-83(15,16)60-39-42-65(4)75-58-59-76-67(43-40-61-84(75,76)17)56-57-68-64-77(87-92(81(9,10)11,71-48-31-23-32-49-71)72-50-33-24-34-51-72)79(78(66(68)5)88-93(82(12,13)14,73-52-35-25-36-53-73)74-54-37-26-38-55-74)85-62-41-63-86-91(80(6,7)8,69-44-27-21-28-45-69)70-46-29-22-30-47-70/h21-38,44-57,65,75-79H,5,18-20,39-43,58-64H2,1-4,6-17H3/b67-56+,68-57-/t65-,75-,76+,77-,78-,79-,84-/m1/s1. The van der Waals surface area contributed by atoms with Crippen molar-refractivity contribution < 1.29 is 22.4 Å². The second-order valence-electron chi connectivity index (χ2n) is 32.0. The van der Waals surface area contributed by atoms with Crippen LogP contribution < -0.4 is 31.1 Å². The molecule has 0 N–H and O–H groups in total. The van der Waals surface area contributed by atoms with Gasteiger partial charge in [0.25, 0.3) is 25.0 Å². The van der Waals surface area contributed by atoms with Crippen LogP contribution >= 0.6 is 0 Å². The Hall–Kier alpha value is -4.79. The third-order valence-corrected chi connectivity index (χ3v) is 42.7. The lowest BCUT2D eigenvalue weighted by Crippen LogP contribution is -2.71. The summed E-state index contributed by atoms with van der Waals surface area (Å²) >= 11 is 0. The molecule has 7 atom stereocenters. The van der Waals surface area contributed by atoms with Crippen LogP contribution in [-0.2, 0) is 22.4 Å². The Labute approximate surface area is 569 Å². The number of ether oxygens (including phenoxy) is 1. The highest BCUT2D eigenvalue weighted by atomic mass is 28.4. The van der Waals surface area contributed by atoms with Crippen molar-refractivity contribution in [1.29, 1.82) is 0 Å². The number of hydrogen-bond acceptors (Lipinski definition) is 5. The van der Waals surface area contributed by atoms with Crippen LogP contribution in [0.15, 0.2) is 217 Å². The maximum Gasteiger partial charge on any atom is 0.262 e. The summed E-state index contributed by atoms with van der Waals surface area (Å²) in [5.41, 5.74) is 3.99. The van der Waals surface area contributed by atoms with Crippen molar-refractivity contribution in [2.24, 2.45) is 23.2 Å². The van der Waals surface area contributed by atoms with Gasteiger partial charge in [-0.2, -0.15) is 0 Å². The third kappa shape index (κ3) is 15.2. The molecule has 0 unspecified atom stereocenters. The summed E-state index contributed by atoms with van der Waals surface area (Å²) in [5, 5.41) is 6.74. The molecule has 5 nitrogen and oxygen atoms in total. The van der Waals surface area contributed by atoms with E-state index in [1.165, 1.54) is 93.4 Å². The molecule has 9 heteroatoms. The molecule has 0 amide bonds. The number of allylic oxidation sites excluding steroid dienone is 3. The third-order valence-electron chi connectivity index (χ3n) is 22.7. The summed E-state index contributed by atoms with van der Waals surface area (Å²) in [7, 11) is -11.0. The fourth-order valence-electron chi connectivity index (χ4n) is 17.8. The van der Waals surface area contributed by atoms with Gasteiger partial charge in [-0.25, -0.2) is 0 Å². The minimum atomic E-state index is -3.27. The fraction of sp³-hybridized carbons (Fsp3) is 0.500. The van der Waals surface area contributed by atoms with Gasteiger partial charge in [0.15, 0.2) is 8.32 Å². The van der Waals surface area contributed by atoms with E-state index in [0.717, 1.165) is 18.4 Å². The van der Waals surface area contributed by atoms with Gasteiger partial charge in [-0.3, -0.25) is 0 Å². The second kappa shape index (κ2) is 30.3. The van der Waals surface area contributed by atoms with Gasteiger partial charge in [-0.05, 0) is 157 Å². The van der Waals surface area contributed by atoms with Crippen molar-refractivity contribution in [3.05, 3.63) is 217 Å². The van der Waals surface area contributed by atoms with Crippen molar-refractivity contribution in [2.75, 3.05) is 13.2 Å². The lowest BCUT2D eigenvalue weighted by Gasteiger charge is -2.52. The molecule has 0 heterocycles. The molecular formula is C84H118O5Si4. The van der Waals surface area contributed by atoms with Crippen LogP contribution in [0.1, 0.15) is 175 Å². The normalized spacial score (nSPS) is 22.5. The van der Waals surface area contributed by atoms with Crippen LogP contribution in [-0.4, -0.2) is 70.4 Å². The van der Waals surface area contributed by atoms with Crippen LogP contribution in [0.3, 0.4) is 0 Å². The number of hydrogen-bond donors (Lipinski definition) is 0. The van der Waals surface area contributed by atoms with E-state index in [2.05, 4.69) is 305 Å². The minimum absolute atomic E-state index is 0.0751. The zero-order chi connectivity index (χ0) is 66.9. The first kappa shape index (κ1) is 72.5. The summed E-state index contributed by atoms with van der Waals surface area (Å²) in [6.45, 7) is 44.8. The highest BCUT2D eigenvalue weighted by Gasteiger charge is 2.58. The molecule has 3 fully saturated rings. The van der Waals surface area contributed by atoms with E-state index in [-0.39, 0.29) is 26.1 Å². The molecule has 0 spiro atoms. The maximum atomic E-state index is 8.55. The molecule has 0 aliphatic heterocycles. The van der Waals surface area contributed by atoms with Gasteiger partial charge in [-0.15, -0.1) is 0 Å². The molecule has 3 saturated carbocycles. The van der Waals surface area contributed by atoms with E-state index in [4.69, 9.17) is 29.0 Å². The van der Waals surface area contributed by atoms with E-state index in [1.54, 1.807) is 5.57 Å². The van der Waals surface area contributed by atoms with Crippen molar-refractivity contribution in [3.63, 3.8) is 0 Å². The predicted molar refractivity (Wildman–Crippen MR) is 406 cm³/mol. The Bertz CT molecular complexity index is 3240. The monoisotopic (exact) mass is 1320 g/mol. The predicted octanol–water partition coefficient (Wildman–Crippen LogP) is 18.9. The van der Waals surface area contributed by atoms with E-state index in [9.17, 15) is 0 Å². The van der Waals surface area contributed by atoms with Gasteiger partial charge >= 0.3 is 0 Å². The largest absolute Gasteiger partial charge is 0.412 e. The Morgan fingerprint density at radius 3 is 1.38 bits per heavy atom. The smallest absolute Gasteiger partial charge is 0.262 e. The van der Waals surface area contributed by atoms with Gasteiger partial charge in [0, 0.05) is 19.6 Å². The van der Waals surface area contributed by atoms with Crippen LogP contribution in [0.25, 0.3) is 0 Å². The topological polar surface area (TPSA) is 46.2 Å². The minimum Gasteiger partial charge on any atom is -0.412 e. The van der Waals surface area contributed by atoms with E-state index < -0.39 is 51.6 Å². The number of fused-ring (bicyclic) bond motifs is 1. The summed E-state index contributed by atoms with van der Waals surface area (Å²) in [5.74, 6) is 1.91. The summed E-state index contributed by atoms with van der Waals surface area (Å²) in [6.07, 6.45) is 14.7. The molecule has 0 saturated heterocycles. The van der Waals surface area contributed by atoms with Crippen molar-refractivity contribution in [3.8, 4) is 0 Å². The average Bonchev–Trinajstić information content (AvgIpc) is 1.39. The number of rotatable bonds is 27. The lowest BCUT2D eigenvalue weighted by molar-refractivity contribution is -0.0861. The van der Waals surface area contributed by atoms with Gasteiger partial charge in [0.2, 0.25) is 0 Å². The molecule has 93 heavy (non-hydrogen) atoms. The van der Waals surface area contributed by atoms with Crippen LogP contribution in [0, 0.1) is 23.2 Å². The summed E-state index contributed by atoms with van der Waals surface area (Å²) in [4.78, 5) is 0. The molecule has 3 aliphatic carbocycles. The van der Waals surface area contributed by atoms with Crippen molar-refractivity contribution >= 4 is 64.4 Å². The molecule has 9 rings (SSSR count). The first-order valence-electron chi connectivity index (χ1n) is 36.0. The van der Waals surface area contributed by atoms with Crippen LogP contribution in [0.4, 0.5) is 0 Å². The second-order valence-corrected chi connectivity index (χ2v) is 49.5. The van der Waals surface area contributed by atoms with E-state index in [1.807, 2.05) is 0 Å². The Balaban J connectivity index is 1.14. The van der Waals surface area contributed by atoms with Gasteiger partial charge in [-0.1, -0.05) is 316 Å². The average molecular weight is 1320 g/mol. The van der Waals surface area contributed by atoms with E-state index >= 15 is 0 Å². The SMILES string of the molecule is C=C1/C(=C\C=C2/CCC[C@]3(C)[C@@H]([C@H](C)CCCC(C)(C)O[Si](CC)(CC)CC)CC[C@@H]23)C[C@@H](O[Si](c2ccccc2)(c2ccccc2)C(C)(C)C)[C@@H](OCCCO[Si](c2ccccc2)(c2ccccc2)C(C)(C)C)[C@@H]1O[Si](c1ccccc1)(c1ccccc1)C(C)(C)C. The number of benzene rings is 6.